The maximum atomic E-state index is 12.1. The highest BCUT2D eigenvalue weighted by molar-refractivity contribution is 5.76. The number of ether oxygens (including phenoxy) is 1. The Balaban J connectivity index is 2.09. The SMILES string of the molecule is COc1cc([N+](=O)[O-])cc(CCC(=O)N2CCNCC2)c1O. The molecule has 2 N–H and O–H groups in total. The molecule has 0 aliphatic carbocycles. The molecule has 1 fully saturated rings. The van der Waals surface area contributed by atoms with E-state index in [2.05, 4.69) is 5.32 Å². The van der Waals surface area contributed by atoms with Crippen molar-refractivity contribution in [2.24, 2.45) is 0 Å². The van der Waals surface area contributed by atoms with Crippen LogP contribution in [0.1, 0.15) is 12.0 Å². The highest BCUT2D eigenvalue weighted by atomic mass is 16.6. The standard InChI is InChI=1S/C14H19N3O5/c1-22-12-9-11(17(20)21)8-10(14(12)19)2-3-13(18)16-6-4-15-5-7-16/h8-9,15,19H,2-7H2,1H3. The molecule has 8 nitrogen and oxygen atoms in total. The summed E-state index contributed by atoms with van der Waals surface area (Å²) < 4.78 is 4.94. The summed E-state index contributed by atoms with van der Waals surface area (Å²) in [6.07, 6.45) is 0.421. The summed E-state index contributed by atoms with van der Waals surface area (Å²) in [5.74, 6) is -0.133. The predicted octanol–water partition coefficient (Wildman–Crippen LogP) is 0.673. The molecule has 120 valence electrons. The number of rotatable bonds is 5. The maximum Gasteiger partial charge on any atom is 0.273 e. The van der Waals surface area contributed by atoms with E-state index < -0.39 is 4.92 Å². The molecule has 2 rings (SSSR count). The summed E-state index contributed by atoms with van der Waals surface area (Å²) >= 11 is 0. The predicted molar refractivity (Wildman–Crippen MR) is 79.1 cm³/mol. The molecule has 1 aliphatic heterocycles. The molecule has 1 heterocycles. The smallest absolute Gasteiger partial charge is 0.273 e. The molecule has 1 amide bonds. The van der Waals surface area contributed by atoms with Crippen LogP contribution in [0.4, 0.5) is 5.69 Å². The Hall–Kier alpha value is -2.35. The van der Waals surface area contributed by atoms with Gasteiger partial charge in [0.05, 0.1) is 18.1 Å². The number of nitro benzene ring substituents is 1. The fourth-order valence-electron chi connectivity index (χ4n) is 2.41. The number of phenols is 1. The number of amides is 1. The monoisotopic (exact) mass is 309 g/mol. The number of phenolic OH excluding ortho intramolecular Hbond substituents is 1. The molecular formula is C14H19N3O5. The summed E-state index contributed by atoms with van der Waals surface area (Å²) in [4.78, 5) is 24.2. The van der Waals surface area contributed by atoms with Crippen LogP contribution in [-0.4, -0.2) is 54.1 Å². The number of benzene rings is 1. The topological polar surface area (TPSA) is 105 Å². The first-order valence-electron chi connectivity index (χ1n) is 7.05. The number of nitrogens with zero attached hydrogens (tertiary/aromatic N) is 2. The van der Waals surface area contributed by atoms with E-state index >= 15 is 0 Å². The second-order valence-corrected chi connectivity index (χ2v) is 5.04. The summed E-state index contributed by atoms with van der Waals surface area (Å²) in [5.41, 5.74) is 0.175. The number of hydrogen-bond donors (Lipinski definition) is 2. The number of aromatic hydroxyl groups is 1. The summed E-state index contributed by atoms with van der Waals surface area (Å²) in [7, 11) is 1.33. The lowest BCUT2D eigenvalue weighted by Gasteiger charge is -2.27. The van der Waals surface area contributed by atoms with Gasteiger partial charge in [0.25, 0.3) is 5.69 Å². The molecule has 0 unspecified atom stereocenters. The average Bonchev–Trinajstić information content (AvgIpc) is 2.54. The van der Waals surface area contributed by atoms with E-state index in [4.69, 9.17) is 4.74 Å². The van der Waals surface area contributed by atoms with Crippen molar-refractivity contribution in [2.45, 2.75) is 12.8 Å². The van der Waals surface area contributed by atoms with E-state index in [9.17, 15) is 20.0 Å². The largest absolute Gasteiger partial charge is 0.504 e. The zero-order valence-electron chi connectivity index (χ0n) is 12.4. The van der Waals surface area contributed by atoms with E-state index in [1.165, 1.54) is 13.2 Å². The number of piperazine rings is 1. The van der Waals surface area contributed by atoms with Gasteiger partial charge in [-0.3, -0.25) is 14.9 Å². The van der Waals surface area contributed by atoms with Gasteiger partial charge in [0.2, 0.25) is 5.91 Å². The molecule has 0 atom stereocenters. The molecule has 1 saturated heterocycles. The fourth-order valence-corrected chi connectivity index (χ4v) is 2.41. The average molecular weight is 309 g/mol. The van der Waals surface area contributed by atoms with Crippen LogP contribution in [0.25, 0.3) is 0 Å². The minimum absolute atomic E-state index is 0.0219. The number of aryl methyl sites for hydroxylation is 1. The summed E-state index contributed by atoms with van der Waals surface area (Å²) in [5, 5.41) is 24.1. The lowest BCUT2D eigenvalue weighted by Crippen LogP contribution is -2.46. The van der Waals surface area contributed by atoms with Gasteiger partial charge in [-0.2, -0.15) is 0 Å². The molecule has 0 spiro atoms. The first kappa shape index (κ1) is 16.0. The van der Waals surface area contributed by atoms with Crippen LogP contribution in [-0.2, 0) is 11.2 Å². The molecule has 22 heavy (non-hydrogen) atoms. The maximum absolute atomic E-state index is 12.1. The molecule has 0 radical (unpaired) electrons. The van der Waals surface area contributed by atoms with Gasteiger partial charge >= 0.3 is 0 Å². The Bertz CT molecular complexity index is 570. The van der Waals surface area contributed by atoms with Gasteiger partial charge in [-0.15, -0.1) is 0 Å². The zero-order chi connectivity index (χ0) is 16.1. The number of non-ortho nitro benzene ring substituents is 1. The van der Waals surface area contributed by atoms with Crippen molar-refractivity contribution < 1.29 is 19.6 Å². The fraction of sp³-hybridized carbons (Fsp3) is 0.500. The van der Waals surface area contributed by atoms with Crippen LogP contribution in [0.2, 0.25) is 0 Å². The van der Waals surface area contributed by atoms with Crippen LogP contribution >= 0.6 is 0 Å². The van der Waals surface area contributed by atoms with Gasteiger partial charge in [0, 0.05) is 44.2 Å². The van der Waals surface area contributed by atoms with Crippen LogP contribution < -0.4 is 10.1 Å². The van der Waals surface area contributed by atoms with Crippen molar-refractivity contribution >= 4 is 11.6 Å². The normalized spacial score (nSPS) is 14.7. The zero-order valence-corrected chi connectivity index (χ0v) is 12.4. The summed E-state index contributed by atoms with van der Waals surface area (Å²) in [6.45, 7) is 2.84. The van der Waals surface area contributed by atoms with Crippen LogP contribution in [0, 0.1) is 10.1 Å². The molecule has 8 heteroatoms. The van der Waals surface area contributed by atoms with Gasteiger partial charge in [-0.05, 0) is 6.42 Å². The van der Waals surface area contributed by atoms with E-state index in [1.54, 1.807) is 4.90 Å². The van der Waals surface area contributed by atoms with E-state index in [0.29, 0.717) is 18.7 Å². The lowest BCUT2D eigenvalue weighted by molar-refractivity contribution is -0.385. The number of nitrogens with one attached hydrogen (secondary N) is 1. The van der Waals surface area contributed by atoms with E-state index in [1.807, 2.05) is 0 Å². The first-order valence-corrected chi connectivity index (χ1v) is 7.05. The quantitative estimate of drug-likeness (QED) is 0.612. The second-order valence-electron chi connectivity index (χ2n) is 5.04. The van der Waals surface area contributed by atoms with E-state index in [-0.39, 0.29) is 35.9 Å². The Kier molecular flexibility index (Phi) is 5.16. The van der Waals surface area contributed by atoms with Crippen molar-refractivity contribution in [1.29, 1.82) is 0 Å². The molecular weight excluding hydrogens is 290 g/mol. The summed E-state index contributed by atoms with van der Waals surface area (Å²) in [6, 6.07) is 2.44. The van der Waals surface area contributed by atoms with Crippen molar-refractivity contribution in [1.82, 2.24) is 10.2 Å². The third-order valence-corrected chi connectivity index (χ3v) is 3.65. The van der Waals surface area contributed by atoms with Gasteiger partial charge in [0.15, 0.2) is 11.5 Å². The van der Waals surface area contributed by atoms with Gasteiger partial charge in [-0.1, -0.05) is 0 Å². The van der Waals surface area contributed by atoms with Crippen LogP contribution in [0.3, 0.4) is 0 Å². The van der Waals surface area contributed by atoms with Crippen molar-refractivity contribution in [3.63, 3.8) is 0 Å². The number of carbonyl (C=O) groups is 1. The van der Waals surface area contributed by atoms with Crippen LogP contribution in [0.5, 0.6) is 11.5 Å². The number of nitro groups is 1. The molecule has 1 aromatic rings. The Labute approximate surface area is 127 Å². The van der Waals surface area contributed by atoms with Crippen molar-refractivity contribution in [2.75, 3.05) is 33.3 Å². The van der Waals surface area contributed by atoms with Crippen LogP contribution in [0.15, 0.2) is 12.1 Å². The number of carbonyl (C=O) groups excluding carboxylic acids is 1. The minimum Gasteiger partial charge on any atom is -0.504 e. The Morgan fingerprint density at radius 1 is 1.45 bits per heavy atom. The van der Waals surface area contributed by atoms with Crippen molar-refractivity contribution in [3.05, 3.63) is 27.8 Å². The molecule has 0 aromatic heterocycles. The highest BCUT2D eigenvalue weighted by Crippen LogP contribution is 2.35. The van der Waals surface area contributed by atoms with Gasteiger partial charge in [0.1, 0.15) is 0 Å². The third-order valence-electron chi connectivity index (χ3n) is 3.65. The number of methoxy groups -OCH3 is 1. The third kappa shape index (κ3) is 3.64. The van der Waals surface area contributed by atoms with Gasteiger partial charge < -0.3 is 20.1 Å². The highest BCUT2D eigenvalue weighted by Gasteiger charge is 2.20. The number of hydrogen-bond acceptors (Lipinski definition) is 6. The Morgan fingerprint density at radius 3 is 2.73 bits per heavy atom. The molecule has 0 bridgehead atoms. The lowest BCUT2D eigenvalue weighted by atomic mass is 10.1. The van der Waals surface area contributed by atoms with E-state index in [0.717, 1.165) is 19.2 Å². The van der Waals surface area contributed by atoms with Crippen molar-refractivity contribution in [3.8, 4) is 11.5 Å². The second kappa shape index (κ2) is 7.08. The Morgan fingerprint density at radius 2 is 2.14 bits per heavy atom. The molecule has 1 aromatic carbocycles. The molecule has 0 saturated carbocycles. The molecule has 1 aliphatic rings. The van der Waals surface area contributed by atoms with Gasteiger partial charge in [-0.25, -0.2) is 0 Å². The minimum atomic E-state index is -0.552. The first-order chi connectivity index (χ1) is 10.5.